The second-order valence-corrected chi connectivity index (χ2v) is 5.71. The van der Waals surface area contributed by atoms with E-state index in [0.717, 1.165) is 35.6 Å². The van der Waals surface area contributed by atoms with Gasteiger partial charge in [0.05, 0.1) is 6.34 Å². The van der Waals surface area contributed by atoms with Crippen molar-refractivity contribution in [1.82, 2.24) is 4.57 Å². The fourth-order valence-corrected chi connectivity index (χ4v) is 2.92. The number of anilines is 1. The van der Waals surface area contributed by atoms with Gasteiger partial charge in [0.2, 0.25) is 0 Å². The Hall–Kier alpha value is -2.18. The average Bonchev–Trinajstić information content (AvgIpc) is 2.89. The minimum atomic E-state index is -0.357. The molecule has 0 radical (unpaired) electrons. The first-order chi connectivity index (χ1) is 10.6. The highest BCUT2D eigenvalue weighted by molar-refractivity contribution is 7.80. The van der Waals surface area contributed by atoms with E-state index < -0.39 is 0 Å². The Morgan fingerprint density at radius 2 is 2.05 bits per heavy atom. The van der Waals surface area contributed by atoms with Gasteiger partial charge in [-0.15, -0.1) is 0 Å². The Labute approximate surface area is 135 Å². The smallest absolute Gasteiger partial charge is 0.141 e. The molecule has 2 aromatic rings. The number of nitrogens with two attached hydrogens (primary N) is 2. The monoisotopic (exact) mass is 313 g/mol. The minimum Gasteiger partial charge on any atom is -0.389 e. The van der Waals surface area contributed by atoms with Crippen molar-refractivity contribution in [2.24, 2.45) is 16.5 Å². The molecule has 0 spiro atoms. The normalized spacial score (nSPS) is 16.6. The summed E-state index contributed by atoms with van der Waals surface area (Å²) in [6.45, 7) is 2.98. The van der Waals surface area contributed by atoms with Gasteiger partial charge in [0, 0.05) is 29.6 Å². The lowest BCUT2D eigenvalue weighted by Gasteiger charge is -2.30. The van der Waals surface area contributed by atoms with E-state index in [9.17, 15) is 0 Å². The summed E-state index contributed by atoms with van der Waals surface area (Å²) in [4.78, 5) is 6.88. The Balaban J connectivity index is 2.09. The van der Waals surface area contributed by atoms with Crippen molar-refractivity contribution in [2.75, 3.05) is 4.90 Å². The van der Waals surface area contributed by atoms with Gasteiger partial charge < -0.3 is 20.9 Å². The molecule has 1 atom stereocenters. The molecule has 1 aromatic heterocycles. The van der Waals surface area contributed by atoms with E-state index in [1.807, 2.05) is 41.4 Å². The van der Waals surface area contributed by atoms with Gasteiger partial charge in [0.1, 0.15) is 17.0 Å². The fourth-order valence-electron chi connectivity index (χ4n) is 2.76. The highest BCUT2D eigenvalue weighted by Crippen LogP contribution is 2.36. The maximum Gasteiger partial charge on any atom is 0.141 e. The van der Waals surface area contributed by atoms with Crippen LogP contribution in [0.15, 0.2) is 41.5 Å². The standard InChI is InChI=1S/C16H19N5S/c1-2-8-20-9-12(15(18)22)13-14(17)21(10-19-16(13)20)11-6-4-3-5-7-11/h3-7,9-10,14H,2,8,17H2,1H3,(H2,18,22). The largest absolute Gasteiger partial charge is 0.389 e. The number of aliphatic imine (C=N–C) groups is 1. The van der Waals surface area contributed by atoms with Crippen LogP contribution in [0.1, 0.15) is 30.6 Å². The fraction of sp³-hybridized carbons (Fsp3) is 0.250. The van der Waals surface area contributed by atoms with Gasteiger partial charge in [0.25, 0.3) is 0 Å². The van der Waals surface area contributed by atoms with E-state index >= 15 is 0 Å². The van der Waals surface area contributed by atoms with E-state index in [-0.39, 0.29) is 6.17 Å². The van der Waals surface area contributed by atoms with Gasteiger partial charge in [-0.25, -0.2) is 4.99 Å². The number of rotatable bonds is 4. The van der Waals surface area contributed by atoms with Crippen molar-refractivity contribution in [2.45, 2.75) is 26.1 Å². The van der Waals surface area contributed by atoms with Crippen molar-refractivity contribution in [3.63, 3.8) is 0 Å². The predicted molar refractivity (Wildman–Crippen MR) is 94.6 cm³/mol. The molecule has 0 saturated heterocycles. The molecule has 0 amide bonds. The van der Waals surface area contributed by atoms with Crippen LogP contribution in [-0.2, 0) is 6.54 Å². The molecule has 0 fully saturated rings. The van der Waals surface area contributed by atoms with Gasteiger partial charge in [-0.1, -0.05) is 37.3 Å². The molecular weight excluding hydrogens is 294 g/mol. The van der Waals surface area contributed by atoms with Gasteiger partial charge in [-0.2, -0.15) is 0 Å². The molecule has 5 nitrogen and oxygen atoms in total. The highest BCUT2D eigenvalue weighted by atomic mass is 32.1. The predicted octanol–water partition coefficient (Wildman–Crippen LogP) is 2.67. The molecule has 22 heavy (non-hydrogen) atoms. The summed E-state index contributed by atoms with van der Waals surface area (Å²) in [5.41, 5.74) is 15.1. The maximum absolute atomic E-state index is 6.48. The molecule has 2 heterocycles. The summed E-state index contributed by atoms with van der Waals surface area (Å²) < 4.78 is 2.07. The molecule has 1 aliphatic rings. The third-order valence-electron chi connectivity index (χ3n) is 3.77. The number of aryl methyl sites for hydroxylation is 1. The first-order valence-electron chi connectivity index (χ1n) is 7.29. The first kappa shape index (κ1) is 14.7. The van der Waals surface area contributed by atoms with Crippen LogP contribution in [0, 0.1) is 0 Å². The van der Waals surface area contributed by atoms with Crippen LogP contribution in [0.4, 0.5) is 11.5 Å². The summed E-state index contributed by atoms with van der Waals surface area (Å²) in [5.74, 6) is 0.851. The molecule has 0 bridgehead atoms. The molecule has 1 unspecified atom stereocenters. The van der Waals surface area contributed by atoms with Crippen LogP contribution in [0.2, 0.25) is 0 Å². The van der Waals surface area contributed by atoms with Crippen LogP contribution in [0.5, 0.6) is 0 Å². The maximum atomic E-state index is 6.48. The van der Waals surface area contributed by atoms with Crippen LogP contribution in [-0.4, -0.2) is 15.9 Å². The van der Waals surface area contributed by atoms with Crippen LogP contribution in [0.25, 0.3) is 0 Å². The number of hydrogen-bond acceptors (Lipinski definition) is 4. The summed E-state index contributed by atoms with van der Waals surface area (Å²) in [5, 5.41) is 0. The minimum absolute atomic E-state index is 0.353. The van der Waals surface area contributed by atoms with E-state index in [1.54, 1.807) is 6.34 Å². The van der Waals surface area contributed by atoms with E-state index in [2.05, 4.69) is 16.5 Å². The van der Waals surface area contributed by atoms with Crippen molar-refractivity contribution < 1.29 is 0 Å². The number of benzene rings is 1. The molecule has 1 aromatic carbocycles. The summed E-state index contributed by atoms with van der Waals surface area (Å²) in [6.07, 6.45) is 4.38. The van der Waals surface area contributed by atoms with Gasteiger partial charge in [-0.3, -0.25) is 0 Å². The van der Waals surface area contributed by atoms with Gasteiger partial charge in [0.15, 0.2) is 0 Å². The van der Waals surface area contributed by atoms with Crippen molar-refractivity contribution >= 4 is 35.1 Å². The highest BCUT2D eigenvalue weighted by Gasteiger charge is 2.29. The molecule has 4 N–H and O–H groups in total. The van der Waals surface area contributed by atoms with Crippen molar-refractivity contribution in [1.29, 1.82) is 0 Å². The van der Waals surface area contributed by atoms with E-state index in [0.29, 0.717) is 4.99 Å². The first-order valence-corrected chi connectivity index (χ1v) is 7.70. The number of aromatic nitrogens is 1. The van der Waals surface area contributed by atoms with E-state index in [1.165, 1.54) is 0 Å². The molecular formula is C16H19N5S. The zero-order valence-corrected chi connectivity index (χ0v) is 13.3. The molecule has 3 rings (SSSR count). The quantitative estimate of drug-likeness (QED) is 0.851. The summed E-state index contributed by atoms with van der Waals surface area (Å²) in [7, 11) is 0. The summed E-state index contributed by atoms with van der Waals surface area (Å²) in [6, 6.07) is 9.92. The van der Waals surface area contributed by atoms with Crippen LogP contribution in [0.3, 0.4) is 0 Å². The zero-order valence-electron chi connectivity index (χ0n) is 12.4. The Morgan fingerprint density at radius 1 is 1.32 bits per heavy atom. The number of nitrogens with zero attached hydrogens (tertiary/aromatic N) is 3. The van der Waals surface area contributed by atoms with Crippen molar-refractivity contribution in [3.05, 3.63) is 47.7 Å². The lowest BCUT2D eigenvalue weighted by atomic mass is 10.1. The molecule has 0 aliphatic carbocycles. The second-order valence-electron chi connectivity index (χ2n) is 5.27. The Kier molecular flexibility index (Phi) is 3.96. The number of hydrogen-bond donors (Lipinski definition) is 2. The molecule has 1 aliphatic heterocycles. The van der Waals surface area contributed by atoms with E-state index in [4.69, 9.17) is 23.7 Å². The Bertz CT molecular complexity index is 720. The topological polar surface area (TPSA) is 72.6 Å². The number of fused-ring (bicyclic) bond motifs is 1. The molecule has 0 saturated carbocycles. The third-order valence-corrected chi connectivity index (χ3v) is 3.99. The van der Waals surface area contributed by atoms with Crippen LogP contribution >= 0.6 is 12.2 Å². The van der Waals surface area contributed by atoms with Crippen molar-refractivity contribution in [3.8, 4) is 0 Å². The second kappa shape index (κ2) is 5.90. The number of para-hydroxylation sites is 1. The molecule has 114 valence electrons. The average molecular weight is 313 g/mol. The third kappa shape index (κ3) is 2.40. The van der Waals surface area contributed by atoms with Crippen LogP contribution < -0.4 is 16.4 Å². The van der Waals surface area contributed by atoms with Gasteiger partial charge in [-0.05, 0) is 18.6 Å². The summed E-state index contributed by atoms with van der Waals surface area (Å²) >= 11 is 5.19. The lowest BCUT2D eigenvalue weighted by Crippen LogP contribution is -2.36. The zero-order chi connectivity index (χ0) is 15.7. The SMILES string of the molecule is CCCn1cc(C(N)=S)c2c1N=CN(c1ccccc1)C2N. The lowest BCUT2D eigenvalue weighted by molar-refractivity contribution is 0.673. The Morgan fingerprint density at radius 3 is 2.68 bits per heavy atom. The number of thiocarbonyl (C=S) groups is 1. The molecule has 6 heteroatoms. The van der Waals surface area contributed by atoms with Gasteiger partial charge >= 0.3 is 0 Å².